The van der Waals surface area contributed by atoms with Gasteiger partial charge in [-0.05, 0) is 42.9 Å². The van der Waals surface area contributed by atoms with Gasteiger partial charge in [0.05, 0.1) is 6.42 Å². The van der Waals surface area contributed by atoms with Gasteiger partial charge in [-0.25, -0.2) is 0 Å². The Morgan fingerprint density at radius 1 is 1.08 bits per heavy atom. The van der Waals surface area contributed by atoms with Crippen molar-refractivity contribution >= 4 is 23.5 Å². The number of aliphatic carboxylic acids is 1. The first-order valence-corrected chi connectivity index (χ1v) is 8.95. The van der Waals surface area contributed by atoms with E-state index in [4.69, 9.17) is 5.11 Å². The molecule has 1 aliphatic heterocycles. The molecular formula is C19H26N2O4. The zero-order valence-electron chi connectivity index (χ0n) is 14.5. The van der Waals surface area contributed by atoms with Gasteiger partial charge < -0.3 is 15.7 Å². The number of carbonyl (C=O) groups excluding carboxylic acids is 2. The highest BCUT2D eigenvalue weighted by Gasteiger charge is 2.17. The molecular weight excluding hydrogens is 320 g/mol. The van der Waals surface area contributed by atoms with Crippen molar-refractivity contribution in [3.8, 4) is 0 Å². The predicted octanol–water partition coefficient (Wildman–Crippen LogP) is 2.66. The molecule has 25 heavy (non-hydrogen) atoms. The number of carbonyl (C=O) groups is 3. The summed E-state index contributed by atoms with van der Waals surface area (Å²) in [6.45, 7) is 0.651. The van der Waals surface area contributed by atoms with Gasteiger partial charge in [0.25, 0.3) is 0 Å². The van der Waals surface area contributed by atoms with Gasteiger partial charge in [0.15, 0.2) is 0 Å². The van der Waals surface area contributed by atoms with Crippen molar-refractivity contribution in [1.82, 2.24) is 5.32 Å². The van der Waals surface area contributed by atoms with Gasteiger partial charge in [-0.1, -0.05) is 25.0 Å². The maximum atomic E-state index is 11.8. The summed E-state index contributed by atoms with van der Waals surface area (Å²) in [4.78, 5) is 33.5. The number of nitrogens with one attached hydrogen (secondary N) is 2. The Morgan fingerprint density at radius 2 is 1.88 bits per heavy atom. The molecule has 6 heteroatoms. The maximum absolute atomic E-state index is 11.8. The summed E-state index contributed by atoms with van der Waals surface area (Å²) in [7, 11) is 0. The fourth-order valence-corrected chi connectivity index (χ4v) is 2.96. The molecule has 136 valence electrons. The lowest BCUT2D eigenvalue weighted by Crippen LogP contribution is -2.24. The monoisotopic (exact) mass is 346 g/mol. The Morgan fingerprint density at radius 3 is 2.68 bits per heavy atom. The molecule has 0 saturated heterocycles. The lowest BCUT2D eigenvalue weighted by molar-refractivity contribution is -0.137. The van der Waals surface area contributed by atoms with Crippen LogP contribution >= 0.6 is 0 Å². The number of fused-ring (bicyclic) bond motifs is 1. The third-order valence-electron chi connectivity index (χ3n) is 4.30. The fraction of sp³-hybridized carbons (Fsp3) is 0.526. The van der Waals surface area contributed by atoms with E-state index < -0.39 is 5.97 Å². The smallest absolute Gasteiger partial charge is 0.303 e. The number of amides is 2. The molecule has 3 N–H and O–H groups in total. The van der Waals surface area contributed by atoms with Crippen LogP contribution in [0.1, 0.15) is 56.1 Å². The summed E-state index contributed by atoms with van der Waals surface area (Å²) in [6, 6.07) is 5.97. The molecule has 1 heterocycles. The summed E-state index contributed by atoms with van der Waals surface area (Å²) in [5.74, 6) is -0.655. The molecule has 0 aromatic heterocycles. The number of hydrogen-bond acceptors (Lipinski definition) is 3. The van der Waals surface area contributed by atoms with Crippen molar-refractivity contribution in [1.29, 1.82) is 0 Å². The van der Waals surface area contributed by atoms with Crippen LogP contribution in [0.4, 0.5) is 5.69 Å². The standard InChI is InChI=1S/C19H26N2O4/c22-17(20-11-4-2-1-3-8-19(24)25)7-5-6-14-9-10-16-15(12-14)13-18(23)21-16/h9-10,12H,1-8,11,13H2,(H,20,22)(H,21,23)(H,24,25). The molecule has 2 rings (SSSR count). The molecule has 1 aliphatic rings. The van der Waals surface area contributed by atoms with Crippen LogP contribution in [0.3, 0.4) is 0 Å². The van der Waals surface area contributed by atoms with Gasteiger partial charge in [-0.15, -0.1) is 0 Å². The minimum atomic E-state index is -0.750. The molecule has 0 saturated carbocycles. The highest BCUT2D eigenvalue weighted by atomic mass is 16.4. The van der Waals surface area contributed by atoms with Crippen LogP contribution in [0.15, 0.2) is 18.2 Å². The number of benzene rings is 1. The van der Waals surface area contributed by atoms with E-state index in [-0.39, 0.29) is 18.2 Å². The van der Waals surface area contributed by atoms with E-state index in [9.17, 15) is 14.4 Å². The number of anilines is 1. The van der Waals surface area contributed by atoms with Gasteiger partial charge in [0, 0.05) is 25.1 Å². The van der Waals surface area contributed by atoms with E-state index >= 15 is 0 Å². The molecule has 0 spiro atoms. The quantitative estimate of drug-likeness (QED) is 0.537. The van der Waals surface area contributed by atoms with Gasteiger partial charge in [-0.3, -0.25) is 14.4 Å². The molecule has 0 aliphatic carbocycles. The summed E-state index contributed by atoms with van der Waals surface area (Å²) >= 11 is 0. The SMILES string of the molecule is O=C(O)CCCCCCNC(=O)CCCc1ccc2c(c1)CC(=O)N2. The number of rotatable bonds is 11. The summed E-state index contributed by atoms with van der Waals surface area (Å²) in [5.41, 5.74) is 3.09. The molecule has 0 unspecified atom stereocenters. The van der Waals surface area contributed by atoms with Crippen LogP contribution in [0.25, 0.3) is 0 Å². The van der Waals surface area contributed by atoms with Crippen LogP contribution in [-0.2, 0) is 27.2 Å². The van der Waals surface area contributed by atoms with Crippen molar-refractivity contribution < 1.29 is 19.5 Å². The molecule has 0 atom stereocenters. The summed E-state index contributed by atoms with van der Waals surface area (Å²) in [5, 5.41) is 14.3. The first-order valence-electron chi connectivity index (χ1n) is 8.95. The molecule has 0 fully saturated rings. The zero-order chi connectivity index (χ0) is 18.1. The minimum absolute atomic E-state index is 0.0366. The predicted molar refractivity (Wildman–Crippen MR) is 95.4 cm³/mol. The van der Waals surface area contributed by atoms with Gasteiger partial charge in [-0.2, -0.15) is 0 Å². The molecule has 0 radical (unpaired) electrons. The summed E-state index contributed by atoms with van der Waals surface area (Å²) in [6.07, 6.45) is 6.17. The number of aryl methyl sites for hydroxylation is 1. The Hall–Kier alpha value is -2.37. The number of carboxylic acid groups (broad SMARTS) is 1. The molecule has 6 nitrogen and oxygen atoms in total. The van der Waals surface area contributed by atoms with Crippen molar-refractivity contribution in [3.05, 3.63) is 29.3 Å². The van der Waals surface area contributed by atoms with Crippen LogP contribution in [0.2, 0.25) is 0 Å². The van der Waals surface area contributed by atoms with Crippen molar-refractivity contribution in [2.24, 2.45) is 0 Å². The van der Waals surface area contributed by atoms with Crippen LogP contribution < -0.4 is 10.6 Å². The third kappa shape index (κ3) is 6.95. The zero-order valence-corrected chi connectivity index (χ0v) is 14.5. The van der Waals surface area contributed by atoms with E-state index in [1.165, 1.54) is 0 Å². The number of carboxylic acids is 1. The summed E-state index contributed by atoms with van der Waals surface area (Å²) < 4.78 is 0. The Labute approximate surface area is 148 Å². The largest absolute Gasteiger partial charge is 0.481 e. The van der Waals surface area contributed by atoms with E-state index in [2.05, 4.69) is 10.6 Å². The number of hydrogen-bond donors (Lipinski definition) is 3. The van der Waals surface area contributed by atoms with E-state index in [1.807, 2.05) is 18.2 Å². The molecule has 1 aromatic rings. The highest BCUT2D eigenvalue weighted by molar-refractivity contribution is 5.99. The van der Waals surface area contributed by atoms with Crippen LogP contribution in [-0.4, -0.2) is 29.4 Å². The van der Waals surface area contributed by atoms with E-state index in [0.717, 1.165) is 48.9 Å². The molecule has 2 amide bonds. The average Bonchev–Trinajstić information content (AvgIpc) is 2.93. The van der Waals surface area contributed by atoms with E-state index in [0.29, 0.717) is 25.8 Å². The van der Waals surface area contributed by atoms with Crippen molar-refractivity contribution in [3.63, 3.8) is 0 Å². The number of unbranched alkanes of at least 4 members (excludes halogenated alkanes) is 3. The lowest BCUT2D eigenvalue weighted by atomic mass is 10.0. The van der Waals surface area contributed by atoms with Gasteiger partial charge in [0.1, 0.15) is 0 Å². The second kappa shape index (κ2) is 9.81. The highest BCUT2D eigenvalue weighted by Crippen LogP contribution is 2.24. The second-order valence-corrected chi connectivity index (χ2v) is 6.48. The third-order valence-corrected chi connectivity index (χ3v) is 4.30. The fourth-order valence-electron chi connectivity index (χ4n) is 2.96. The van der Waals surface area contributed by atoms with Gasteiger partial charge >= 0.3 is 5.97 Å². The molecule has 1 aromatic carbocycles. The van der Waals surface area contributed by atoms with Crippen molar-refractivity contribution in [2.45, 2.75) is 57.8 Å². The Balaban J connectivity index is 1.53. The topological polar surface area (TPSA) is 95.5 Å². The normalized spacial score (nSPS) is 12.6. The van der Waals surface area contributed by atoms with Crippen LogP contribution in [0, 0.1) is 0 Å². The average molecular weight is 346 g/mol. The van der Waals surface area contributed by atoms with Crippen molar-refractivity contribution in [2.75, 3.05) is 11.9 Å². The van der Waals surface area contributed by atoms with Crippen LogP contribution in [0.5, 0.6) is 0 Å². The first-order chi connectivity index (χ1) is 12.0. The maximum Gasteiger partial charge on any atom is 0.303 e. The molecule has 0 bridgehead atoms. The first kappa shape index (κ1) is 19.0. The second-order valence-electron chi connectivity index (χ2n) is 6.48. The van der Waals surface area contributed by atoms with E-state index in [1.54, 1.807) is 0 Å². The lowest BCUT2D eigenvalue weighted by Gasteiger charge is -2.06. The Bertz CT molecular complexity index is 628. The van der Waals surface area contributed by atoms with Gasteiger partial charge in [0.2, 0.25) is 11.8 Å². The minimum Gasteiger partial charge on any atom is -0.481 e. The Kier molecular flexibility index (Phi) is 7.44.